The van der Waals surface area contributed by atoms with Gasteiger partial charge < -0.3 is 0 Å². The van der Waals surface area contributed by atoms with Gasteiger partial charge in [-0.25, -0.2) is 0 Å². The van der Waals surface area contributed by atoms with E-state index in [2.05, 4.69) is 5.10 Å². The summed E-state index contributed by atoms with van der Waals surface area (Å²) in [5.41, 5.74) is 0.781. The summed E-state index contributed by atoms with van der Waals surface area (Å²) in [6.07, 6.45) is 1.52. The highest BCUT2D eigenvalue weighted by Gasteiger charge is 1.98. The molecule has 0 aliphatic carbocycles. The minimum atomic E-state index is -0.580. The second kappa shape index (κ2) is 2.19. The lowest BCUT2D eigenvalue weighted by atomic mass is 10.5. The molecular weight excluding hydrogens is 140 g/mol. The SMILES string of the molecule is Cc1ccn(C(=O)Cl)n1. The Morgan fingerprint density at radius 2 is 2.56 bits per heavy atom. The first-order chi connectivity index (χ1) is 4.20. The third-order valence-corrected chi connectivity index (χ3v) is 1.08. The second-order valence-electron chi connectivity index (χ2n) is 1.65. The molecule has 1 aromatic rings. The number of rotatable bonds is 0. The quantitative estimate of drug-likeness (QED) is 0.516. The third-order valence-electron chi connectivity index (χ3n) is 0.903. The minimum Gasteiger partial charge on any atom is -0.253 e. The van der Waals surface area contributed by atoms with Crippen LogP contribution in [0, 0.1) is 6.92 Å². The van der Waals surface area contributed by atoms with Gasteiger partial charge in [-0.1, -0.05) is 0 Å². The Labute approximate surface area is 57.2 Å². The van der Waals surface area contributed by atoms with Crippen LogP contribution in [0.3, 0.4) is 0 Å². The van der Waals surface area contributed by atoms with E-state index in [4.69, 9.17) is 11.6 Å². The van der Waals surface area contributed by atoms with Crippen molar-refractivity contribution < 1.29 is 4.79 Å². The monoisotopic (exact) mass is 144 g/mol. The number of carbonyl (C=O) groups excluding carboxylic acids is 1. The van der Waals surface area contributed by atoms with Gasteiger partial charge in [0.25, 0.3) is 0 Å². The van der Waals surface area contributed by atoms with Crippen molar-refractivity contribution in [3.8, 4) is 0 Å². The van der Waals surface area contributed by atoms with Crippen molar-refractivity contribution in [1.82, 2.24) is 9.78 Å². The van der Waals surface area contributed by atoms with Gasteiger partial charge in [-0.05, 0) is 24.6 Å². The summed E-state index contributed by atoms with van der Waals surface area (Å²) in [5, 5.41) is 3.16. The van der Waals surface area contributed by atoms with Crippen LogP contribution in [0.4, 0.5) is 4.79 Å². The summed E-state index contributed by atoms with van der Waals surface area (Å²) in [4.78, 5) is 10.3. The highest BCUT2D eigenvalue weighted by atomic mass is 35.5. The van der Waals surface area contributed by atoms with Gasteiger partial charge >= 0.3 is 5.37 Å². The zero-order valence-corrected chi connectivity index (χ0v) is 5.59. The van der Waals surface area contributed by atoms with E-state index in [1.165, 1.54) is 6.20 Å². The average molecular weight is 145 g/mol. The maximum Gasteiger partial charge on any atom is 0.340 e. The fourth-order valence-corrected chi connectivity index (χ4v) is 0.607. The van der Waals surface area contributed by atoms with E-state index in [1.807, 2.05) is 0 Å². The lowest BCUT2D eigenvalue weighted by molar-refractivity contribution is 0.258. The van der Waals surface area contributed by atoms with Crippen LogP contribution in [0.15, 0.2) is 12.3 Å². The molecule has 0 bridgehead atoms. The van der Waals surface area contributed by atoms with Gasteiger partial charge in [0.2, 0.25) is 0 Å². The summed E-state index contributed by atoms with van der Waals surface area (Å²) in [7, 11) is 0. The largest absolute Gasteiger partial charge is 0.340 e. The van der Waals surface area contributed by atoms with Crippen molar-refractivity contribution in [3.63, 3.8) is 0 Å². The molecule has 0 radical (unpaired) electrons. The number of nitrogens with zero attached hydrogens (tertiary/aromatic N) is 2. The van der Waals surface area contributed by atoms with Crippen LogP contribution < -0.4 is 0 Å². The summed E-state index contributed by atoms with van der Waals surface area (Å²) in [6, 6.07) is 1.71. The van der Waals surface area contributed by atoms with Crippen molar-refractivity contribution in [2.75, 3.05) is 0 Å². The van der Waals surface area contributed by atoms with Crippen molar-refractivity contribution in [2.45, 2.75) is 6.92 Å². The van der Waals surface area contributed by atoms with Crippen LogP contribution in [-0.2, 0) is 0 Å². The molecule has 0 fully saturated rings. The van der Waals surface area contributed by atoms with E-state index in [-0.39, 0.29) is 0 Å². The molecule has 0 atom stereocenters. The van der Waals surface area contributed by atoms with Crippen LogP contribution in [0.2, 0.25) is 0 Å². The molecule has 0 unspecified atom stereocenters. The number of halogens is 1. The number of aromatic nitrogens is 2. The van der Waals surface area contributed by atoms with Crippen LogP contribution in [0.25, 0.3) is 0 Å². The number of aryl methyl sites for hydroxylation is 1. The number of hydrogen-bond acceptors (Lipinski definition) is 2. The Bertz CT molecular complexity index is 231. The first-order valence-corrected chi connectivity index (χ1v) is 2.80. The molecule has 0 amide bonds. The van der Waals surface area contributed by atoms with Crippen molar-refractivity contribution in [2.24, 2.45) is 0 Å². The summed E-state index contributed by atoms with van der Waals surface area (Å²) < 4.78 is 1.08. The normalized spacial score (nSPS) is 9.56. The lowest BCUT2D eigenvalue weighted by Crippen LogP contribution is -2.01. The number of hydrogen-bond donors (Lipinski definition) is 0. The Kier molecular flexibility index (Phi) is 1.53. The molecule has 0 saturated heterocycles. The molecule has 0 aliphatic rings. The van der Waals surface area contributed by atoms with Gasteiger partial charge in [-0.15, -0.1) is 0 Å². The molecule has 1 heterocycles. The molecule has 9 heavy (non-hydrogen) atoms. The topological polar surface area (TPSA) is 34.9 Å². The molecule has 0 aliphatic heterocycles. The molecule has 0 N–H and O–H groups in total. The molecule has 0 aromatic carbocycles. The summed E-state index contributed by atoms with van der Waals surface area (Å²) >= 11 is 5.08. The van der Waals surface area contributed by atoms with Crippen molar-refractivity contribution >= 4 is 17.0 Å². The Morgan fingerprint density at radius 3 is 2.78 bits per heavy atom. The molecule has 1 aromatic heterocycles. The first-order valence-electron chi connectivity index (χ1n) is 2.42. The van der Waals surface area contributed by atoms with E-state index in [9.17, 15) is 4.79 Å². The Balaban J connectivity index is 2.98. The maximum atomic E-state index is 10.3. The van der Waals surface area contributed by atoms with Crippen LogP contribution in [-0.4, -0.2) is 15.1 Å². The number of carbonyl (C=O) groups is 1. The molecule has 0 spiro atoms. The van der Waals surface area contributed by atoms with E-state index in [0.717, 1.165) is 10.4 Å². The van der Waals surface area contributed by atoms with Crippen molar-refractivity contribution in [3.05, 3.63) is 18.0 Å². The van der Waals surface area contributed by atoms with Crippen LogP contribution in [0.1, 0.15) is 5.69 Å². The third kappa shape index (κ3) is 1.29. The Morgan fingerprint density at radius 1 is 1.89 bits per heavy atom. The van der Waals surface area contributed by atoms with Crippen LogP contribution >= 0.6 is 11.6 Å². The van der Waals surface area contributed by atoms with Crippen molar-refractivity contribution in [1.29, 1.82) is 0 Å². The Hall–Kier alpha value is -0.830. The highest BCUT2D eigenvalue weighted by Crippen LogP contribution is 1.94. The highest BCUT2D eigenvalue weighted by molar-refractivity contribution is 6.63. The molecule has 0 saturated carbocycles. The van der Waals surface area contributed by atoms with E-state index >= 15 is 0 Å². The zero-order chi connectivity index (χ0) is 6.85. The van der Waals surface area contributed by atoms with Gasteiger partial charge in [0.1, 0.15) is 0 Å². The molecule has 1 rings (SSSR count). The van der Waals surface area contributed by atoms with Gasteiger partial charge in [0, 0.05) is 6.20 Å². The predicted molar refractivity (Wildman–Crippen MR) is 33.6 cm³/mol. The van der Waals surface area contributed by atoms with Gasteiger partial charge in [0.05, 0.1) is 5.69 Å². The average Bonchev–Trinajstić information content (AvgIpc) is 2.14. The predicted octanol–water partition coefficient (Wildman–Crippen LogP) is 1.40. The zero-order valence-electron chi connectivity index (χ0n) is 4.84. The van der Waals surface area contributed by atoms with E-state index < -0.39 is 5.37 Å². The van der Waals surface area contributed by atoms with Gasteiger partial charge in [-0.3, -0.25) is 4.79 Å². The first kappa shape index (κ1) is 6.29. The molecule has 4 heteroatoms. The lowest BCUT2D eigenvalue weighted by Gasteiger charge is -1.85. The maximum absolute atomic E-state index is 10.3. The fraction of sp³-hybridized carbons (Fsp3) is 0.200. The molecule has 48 valence electrons. The minimum absolute atomic E-state index is 0.580. The summed E-state index contributed by atoms with van der Waals surface area (Å²) in [6.45, 7) is 1.79. The second-order valence-corrected chi connectivity index (χ2v) is 1.98. The fourth-order valence-electron chi connectivity index (χ4n) is 0.513. The molecular formula is C5H5ClN2O. The summed E-state index contributed by atoms with van der Waals surface area (Å²) in [5.74, 6) is 0. The van der Waals surface area contributed by atoms with E-state index in [0.29, 0.717) is 0 Å². The molecule has 3 nitrogen and oxygen atoms in total. The standard InChI is InChI=1S/C5H5ClN2O/c1-4-2-3-8(7-4)5(6)9/h2-3H,1H3. The van der Waals surface area contributed by atoms with Crippen LogP contribution in [0.5, 0.6) is 0 Å². The van der Waals surface area contributed by atoms with E-state index in [1.54, 1.807) is 13.0 Å². The van der Waals surface area contributed by atoms with Gasteiger partial charge in [0.15, 0.2) is 0 Å². The van der Waals surface area contributed by atoms with Gasteiger partial charge in [-0.2, -0.15) is 9.78 Å². The smallest absolute Gasteiger partial charge is 0.253 e.